The number of nitrogens with one attached hydrogen (secondary N) is 2. The van der Waals surface area contributed by atoms with E-state index in [0.717, 1.165) is 41.9 Å². The maximum atomic E-state index is 13.9. The zero-order valence-electron chi connectivity index (χ0n) is 25.3. The van der Waals surface area contributed by atoms with Crippen molar-refractivity contribution in [3.8, 4) is 28.4 Å². The van der Waals surface area contributed by atoms with Gasteiger partial charge in [-0.1, -0.05) is 0 Å². The molecule has 10 nitrogen and oxygen atoms in total. The van der Waals surface area contributed by atoms with E-state index >= 15 is 0 Å². The van der Waals surface area contributed by atoms with E-state index in [1.165, 1.54) is 12.4 Å². The van der Waals surface area contributed by atoms with E-state index in [1.54, 1.807) is 24.7 Å². The number of aromatic nitrogens is 6. The number of ether oxygens (including phenoxy) is 1. The third-order valence-corrected chi connectivity index (χ3v) is 8.30. The molecule has 244 valence electrons. The first kappa shape index (κ1) is 31.6. The van der Waals surface area contributed by atoms with Crippen LogP contribution in [0.1, 0.15) is 38.5 Å². The SMILES string of the molecule is FCCN1CCC(Oc2ccc(-c3cnc(Nc4ccnc(-c5cnn(CC(F)F)c5)n4)cc3NC3CCC(F)CC3)nc2)CC1. The standard InChI is InChI=1S/C32H37F4N9O/c33-10-14-44-12-8-24(9-13-44)46-25-5-6-27(38-17-25)26-18-39-31(15-28(26)41-23-3-1-22(34)2-4-23)42-30-7-11-37-32(43-30)21-16-40-45(19-21)20-29(35)36/h5-7,11,15-19,22-24,29H,1-4,8-10,12-14,20H2,(H2,37,39,41,42,43). The summed E-state index contributed by atoms with van der Waals surface area (Å²) in [7, 11) is 0. The summed E-state index contributed by atoms with van der Waals surface area (Å²) in [6.45, 7) is 1.25. The van der Waals surface area contributed by atoms with Crippen molar-refractivity contribution in [2.75, 3.05) is 36.9 Å². The fraction of sp³-hybridized carbons (Fsp3) is 0.469. The summed E-state index contributed by atoms with van der Waals surface area (Å²) in [4.78, 5) is 20.2. The van der Waals surface area contributed by atoms with Crippen LogP contribution in [0.3, 0.4) is 0 Å². The highest BCUT2D eigenvalue weighted by atomic mass is 19.3. The fourth-order valence-electron chi connectivity index (χ4n) is 5.86. The molecule has 2 fully saturated rings. The van der Waals surface area contributed by atoms with Gasteiger partial charge in [-0.3, -0.25) is 9.67 Å². The molecule has 5 heterocycles. The minimum atomic E-state index is -2.52. The molecule has 2 N–H and O–H groups in total. The molecule has 46 heavy (non-hydrogen) atoms. The van der Waals surface area contributed by atoms with Gasteiger partial charge in [0.1, 0.15) is 42.9 Å². The Morgan fingerprint density at radius 3 is 2.50 bits per heavy atom. The zero-order valence-corrected chi connectivity index (χ0v) is 25.3. The van der Waals surface area contributed by atoms with Crippen LogP contribution in [0, 0.1) is 0 Å². The number of pyridine rings is 2. The Bertz CT molecular complexity index is 1560. The van der Waals surface area contributed by atoms with Gasteiger partial charge in [-0.2, -0.15) is 5.10 Å². The van der Waals surface area contributed by atoms with Crippen LogP contribution in [0.2, 0.25) is 0 Å². The Labute approximate surface area is 264 Å². The van der Waals surface area contributed by atoms with Gasteiger partial charge < -0.3 is 20.3 Å². The first-order chi connectivity index (χ1) is 22.4. The molecule has 0 spiro atoms. The van der Waals surface area contributed by atoms with Crippen LogP contribution in [0.4, 0.5) is 34.9 Å². The number of nitrogens with zero attached hydrogens (tertiary/aromatic N) is 7. The van der Waals surface area contributed by atoms with Gasteiger partial charge in [0.2, 0.25) is 0 Å². The minimum absolute atomic E-state index is 0.0644. The number of rotatable bonds is 12. The second-order valence-electron chi connectivity index (χ2n) is 11.7. The van der Waals surface area contributed by atoms with E-state index in [1.807, 2.05) is 18.2 Å². The summed E-state index contributed by atoms with van der Waals surface area (Å²) in [5.41, 5.74) is 2.80. The van der Waals surface area contributed by atoms with E-state index in [9.17, 15) is 17.6 Å². The lowest BCUT2D eigenvalue weighted by Crippen LogP contribution is -2.39. The molecule has 0 amide bonds. The summed E-state index contributed by atoms with van der Waals surface area (Å²) in [5.74, 6) is 1.99. The third kappa shape index (κ3) is 8.27. The lowest BCUT2D eigenvalue weighted by molar-refractivity contribution is 0.0966. The van der Waals surface area contributed by atoms with Gasteiger partial charge >= 0.3 is 0 Å². The van der Waals surface area contributed by atoms with Crippen LogP contribution >= 0.6 is 0 Å². The number of likely N-dealkylation sites (tertiary alicyclic amines) is 1. The predicted octanol–water partition coefficient (Wildman–Crippen LogP) is 6.31. The Morgan fingerprint density at radius 2 is 1.76 bits per heavy atom. The zero-order chi connectivity index (χ0) is 31.9. The second-order valence-corrected chi connectivity index (χ2v) is 11.7. The van der Waals surface area contributed by atoms with E-state index < -0.39 is 19.1 Å². The van der Waals surface area contributed by atoms with E-state index in [2.05, 4.69) is 40.6 Å². The number of halogens is 4. The van der Waals surface area contributed by atoms with Gasteiger partial charge in [0, 0.05) is 61.6 Å². The molecule has 0 atom stereocenters. The molecule has 4 aromatic rings. The van der Waals surface area contributed by atoms with Crippen molar-refractivity contribution >= 4 is 17.3 Å². The van der Waals surface area contributed by atoms with E-state index in [-0.39, 0.29) is 18.8 Å². The van der Waals surface area contributed by atoms with Gasteiger partial charge in [-0.25, -0.2) is 32.5 Å². The Morgan fingerprint density at radius 1 is 0.935 bits per heavy atom. The summed E-state index contributed by atoms with van der Waals surface area (Å²) < 4.78 is 59.4. The number of hydrogen-bond donors (Lipinski definition) is 2. The maximum Gasteiger partial charge on any atom is 0.257 e. The number of piperidine rings is 1. The molecule has 0 bridgehead atoms. The second kappa shape index (κ2) is 14.8. The van der Waals surface area contributed by atoms with Gasteiger partial charge in [0.05, 0.1) is 23.7 Å². The van der Waals surface area contributed by atoms with Crippen LogP contribution in [0.15, 0.2) is 55.2 Å². The largest absolute Gasteiger partial charge is 0.489 e. The molecular formula is C32H37F4N9O. The van der Waals surface area contributed by atoms with Gasteiger partial charge in [0.25, 0.3) is 6.43 Å². The van der Waals surface area contributed by atoms with Crippen molar-refractivity contribution in [2.45, 2.75) is 69.8 Å². The Kier molecular flexibility index (Phi) is 10.2. The van der Waals surface area contributed by atoms with Crippen molar-refractivity contribution < 1.29 is 22.3 Å². The Balaban J connectivity index is 1.18. The molecule has 0 unspecified atom stereocenters. The summed E-state index contributed by atoms with van der Waals surface area (Å²) in [6, 6.07) is 7.45. The maximum absolute atomic E-state index is 13.9. The molecule has 4 aromatic heterocycles. The molecule has 2 aliphatic rings. The first-order valence-corrected chi connectivity index (χ1v) is 15.6. The third-order valence-electron chi connectivity index (χ3n) is 8.30. The van der Waals surface area contributed by atoms with E-state index in [4.69, 9.17) is 4.74 Å². The minimum Gasteiger partial charge on any atom is -0.489 e. The topological polar surface area (TPSA) is 106 Å². The summed E-state index contributed by atoms with van der Waals surface area (Å²) >= 11 is 0. The van der Waals surface area contributed by atoms with Crippen molar-refractivity contribution in [3.05, 3.63) is 55.2 Å². The predicted molar refractivity (Wildman–Crippen MR) is 167 cm³/mol. The normalized spacial score (nSPS) is 19.3. The number of anilines is 3. The quantitative estimate of drug-likeness (QED) is 0.173. The van der Waals surface area contributed by atoms with Crippen LogP contribution in [0.25, 0.3) is 22.6 Å². The van der Waals surface area contributed by atoms with Crippen molar-refractivity contribution in [3.63, 3.8) is 0 Å². The molecular weight excluding hydrogens is 602 g/mol. The molecule has 1 aliphatic carbocycles. The monoisotopic (exact) mass is 639 g/mol. The molecule has 14 heteroatoms. The van der Waals surface area contributed by atoms with Crippen LogP contribution in [0.5, 0.6) is 5.75 Å². The molecule has 1 saturated heterocycles. The number of hydrogen-bond acceptors (Lipinski definition) is 9. The number of alkyl halides is 4. The molecule has 0 aromatic carbocycles. The molecule has 0 radical (unpaired) electrons. The highest BCUT2D eigenvalue weighted by Gasteiger charge is 2.23. The van der Waals surface area contributed by atoms with Crippen molar-refractivity contribution in [2.24, 2.45) is 0 Å². The molecule has 1 saturated carbocycles. The van der Waals surface area contributed by atoms with Gasteiger partial charge in [-0.05, 0) is 56.7 Å². The summed E-state index contributed by atoms with van der Waals surface area (Å²) in [6.07, 6.45) is 8.83. The average Bonchev–Trinajstić information content (AvgIpc) is 3.52. The first-order valence-electron chi connectivity index (χ1n) is 15.6. The average molecular weight is 640 g/mol. The fourth-order valence-corrected chi connectivity index (χ4v) is 5.86. The van der Waals surface area contributed by atoms with E-state index in [0.29, 0.717) is 66.7 Å². The highest BCUT2D eigenvalue weighted by Crippen LogP contribution is 2.33. The van der Waals surface area contributed by atoms with Crippen LogP contribution < -0.4 is 15.4 Å². The van der Waals surface area contributed by atoms with Crippen molar-refractivity contribution in [1.29, 1.82) is 0 Å². The molecule has 1 aliphatic heterocycles. The van der Waals surface area contributed by atoms with Gasteiger partial charge in [0.15, 0.2) is 5.82 Å². The molecule has 6 rings (SSSR count). The highest BCUT2D eigenvalue weighted by molar-refractivity contribution is 5.78. The lowest BCUT2D eigenvalue weighted by atomic mass is 9.93. The summed E-state index contributed by atoms with van der Waals surface area (Å²) in [5, 5.41) is 10.8. The Hall–Kier alpha value is -4.33. The lowest BCUT2D eigenvalue weighted by Gasteiger charge is -2.31. The van der Waals surface area contributed by atoms with Crippen LogP contribution in [-0.2, 0) is 6.54 Å². The smallest absolute Gasteiger partial charge is 0.257 e. The van der Waals surface area contributed by atoms with Gasteiger partial charge in [-0.15, -0.1) is 0 Å². The van der Waals surface area contributed by atoms with Crippen molar-refractivity contribution in [1.82, 2.24) is 34.6 Å². The van der Waals surface area contributed by atoms with Crippen LogP contribution in [-0.4, -0.2) is 85.7 Å².